The number of amides is 2. The van der Waals surface area contributed by atoms with Gasteiger partial charge in [0.05, 0.1) is 28.7 Å². The van der Waals surface area contributed by atoms with Crippen molar-refractivity contribution in [3.63, 3.8) is 0 Å². The number of piperazine rings is 1. The topological polar surface area (TPSA) is 86.4 Å². The van der Waals surface area contributed by atoms with Crippen molar-refractivity contribution in [3.8, 4) is 0 Å². The van der Waals surface area contributed by atoms with Gasteiger partial charge in [0, 0.05) is 48.9 Å². The van der Waals surface area contributed by atoms with Crippen LogP contribution in [0.4, 0.5) is 35.0 Å². The third-order valence-corrected chi connectivity index (χ3v) is 6.04. The van der Waals surface area contributed by atoms with Crippen LogP contribution in [0.15, 0.2) is 66.9 Å². The number of rotatable bonds is 5. The Kier molecular flexibility index (Phi) is 6.74. The average molecular weight is 506 g/mol. The summed E-state index contributed by atoms with van der Waals surface area (Å²) in [6.45, 7) is 3.36. The maximum atomic E-state index is 15.3. The van der Waals surface area contributed by atoms with Crippen LogP contribution in [0.3, 0.4) is 0 Å². The molecule has 0 spiro atoms. The van der Waals surface area contributed by atoms with E-state index in [2.05, 4.69) is 25.8 Å². The number of hydrogen-bond donors (Lipinski definition) is 3. The lowest BCUT2D eigenvalue weighted by atomic mass is 10.00. The summed E-state index contributed by atoms with van der Waals surface area (Å²) in [6.07, 6.45) is 1.77. The zero-order chi connectivity index (χ0) is 25.9. The normalized spacial score (nSPS) is 13.4. The van der Waals surface area contributed by atoms with Gasteiger partial charge < -0.3 is 20.9 Å². The van der Waals surface area contributed by atoms with Crippen molar-refractivity contribution in [2.45, 2.75) is 0 Å². The molecule has 1 aliphatic rings. The van der Waals surface area contributed by atoms with Crippen LogP contribution in [0.5, 0.6) is 0 Å². The Bertz CT molecular complexity index is 1490. The molecule has 0 radical (unpaired) electrons. The Morgan fingerprint density at radius 1 is 0.865 bits per heavy atom. The lowest BCUT2D eigenvalue weighted by Crippen LogP contribution is -2.43. The third-order valence-electron chi connectivity index (χ3n) is 6.04. The molecule has 0 saturated carbocycles. The number of nitrogens with one attached hydrogen (secondary N) is 3. The van der Waals surface area contributed by atoms with Gasteiger partial charge in [-0.25, -0.2) is 18.0 Å². The molecular formula is C27H22F3N5O2. The number of pyridine rings is 1. The molecule has 37 heavy (non-hydrogen) atoms. The van der Waals surface area contributed by atoms with Crippen molar-refractivity contribution in [2.24, 2.45) is 0 Å². The number of aromatic nitrogens is 1. The van der Waals surface area contributed by atoms with Crippen molar-refractivity contribution in [1.29, 1.82) is 0 Å². The summed E-state index contributed by atoms with van der Waals surface area (Å²) in [6, 6.07) is 12.3. The number of carbonyl (C=O) groups excluding carboxylic acids is 2. The summed E-state index contributed by atoms with van der Waals surface area (Å²) in [4.78, 5) is 32.1. The third kappa shape index (κ3) is 5.39. The highest BCUT2D eigenvalue weighted by atomic mass is 19.1. The fraction of sp³-hybridized carbons (Fsp3) is 0.148. The number of nitrogens with zero attached hydrogens (tertiary/aromatic N) is 2. The molecule has 5 rings (SSSR count). The van der Waals surface area contributed by atoms with Crippen LogP contribution >= 0.6 is 0 Å². The molecule has 0 unspecified atom stereocenters. The molecule has 2 amide bonds. The van der Waals surface area contributed by atoms with E-state index in [1.54, 1.807) is 18.3 Å². The average Bonchev–Trinajstić information content (AvgIpc) is 2.91. The van der Waals surface area contributed by atoms with Gasteiger partial charge >= 0.3 is 6.03 Å². The first-order valence-electron chi connectivity index (χ1n) is 11.6. The summed E-state index contributed by atoms with van der Waals surface area (Å²) >= 11 is 0. The fourth-order valence-corrected chi connectivity index (χ4v) is 4.18. The summed E-state index contributed by atoms with van der Waals surface area (Å²) in [5.41, 5.74) is 0.938. The predicted molar refractivity (Wildman–Crippen MR) is 136 cm³/mol. The van der Waals surface area contributed by atoms with Crippen molar-refractivity contribution in [2.75, 3.05) is 41.7 Å². The Morgan fingerprint density at radius 2 is 1.62 bits per heavy atom. The van der Waals surface area contributed by atoms with Gasteiger partial charge in [-0.1, -0.05) is 0 Å². The lowest BCUT2D eigenvalue weighted by Gasteiger charge is -2.29. The molecule has 7 nitrogen and oxygen atoms in total. The highest BCUT2D eigenvalue weighted by Gasteiger charge is 2.21. The van der Waals surface area contributed by atoms with Gasteiger partial charge in [-0.15, -0.1) is 0 Å². The molecule has 1 aliphatic heterocycles. The van der Waals surface area contributed by atoms with Crippen molar-refractivity contribution < 1.29 is 22.8 Å². The highest BCUT2D eigenvalue weighted by Crippen LogP contribution is 2.26. The van der Waals surface area contributed by atoms with E-state index in [4.69, 9.17) is 0 Å². The number of halogens is 3. The quantitative estimate of drug-likeness (QED) is 0.335. The molecule has 2 heterocycles. The number of ketones is 1. The summed E-state index contributed by atoms with van der Waals surface area (Å²) in [7, 11) is 0. The smallest absolute Gasteiger partial charge is 0.323 e. The fourth-order valence-electron chi connectivity index (χ4n) is 4.18. The monoisotopic (exact) mass is 505 g/mol. The van der Waals surface area contributed by atoms with Crippen LogP contribution in [-0.2, 0) is 0 Å². The van der Waals surface area contributed by atoms with Gasteiger partial charge in [0.15, 0.2) is 11.6 Å². The van der Waals surface area contributed by atoms with Gasteiger partial charge in [-0.3, -0.25) is 9.78 Å². The molecule has 188 valence electrons. The number of hydrogen-bond acceptors (Lipinski definition) is 5. The molecule has 0 aliphatic carbocycles. The highest BCUT2D eigenvalue weighted by molar-refractivity contribution is 6.11. The van der Waals surface area contributed by atoms with Crippen molar-refractivity contribution >= 4 is 39.8 Å². The molecular weight excluding hydrogens is 483 g/mol. The predicted octanol–water partition coefficient (Wildman–Crippen LogP) is 4.94. The summed E-state index contributed by atoms with van der Waals surface area (Å²) < 4.78 is 42.7. The van der Waals surface area contributed by atoms with Gasteiger partial charge in [0.25, 0.3) is 0 Å². The molecule has 1 saturated heterocycles. The Hall–Kier alpha value is -4.44. The molecule has 4 aromatic rings. The van der Waals surface area contributed by atoms with E-state index in [1.807, 2.05) is 6.07 Å². The SMILES string of the molecule is O=C(Nc1ccc(F)cc1)Nc1cc(F)cc(C(=O)c2ccc3ncc(N4CCNCC4)cc3c2)c1F. The van der Waals surface area contributed by atoms with Crippen molar-refractivity contribution in [3.05, 3.63) is 95.4 Å². The van der Waals surface area contributed by atoms with Gasteiger partial charge in [0.2, 0.25) is 0 Å². The molecule has 3 aromatic carbocycles. The van der Waals surface area contributed by atoms with Crippen LogP contribution in [0, 0.1) is 17.5 Å². The van der Waals surface area contributed by atoms with Gasteiger partial charge in [0.1, 0.15) is 11.6 Å². The zero-order valence-electron chi connectivity index (χ0n) is 19.5. The number of fused-ring (bicyclic) bond motifs is 1. The van der Waals surface area contributed by atoms with Crippen LogP contribution in [-0.4, -0.2) is 43.0 Å². The second-order valence-electron chi connectivity index (χ2n) is 8.57. The van der Waals surface area contributed by atoms with E-state index in [0.717, 1.165) is 56.1 Å². The van der Waals surface area contributed by atoms with Crippen LogP contribution in [0.2, 0.25) is 0 Å². The van der Waals surface area contributed by atoms with Crippen molar-refractivity contribution in [1.82, 2.24) is 10.3 Å². The molecule has 1 fully saturated rings. The number of benzene rings is 3. The molecule has 0 atom stereocenters. The van der Waals surface area contributed by atoms with E-state index < -0.39 is 40.5 Å². The molecule has 10 heteroatoms. The van der Waals surface area contributed by atoms with E-state index >= 15 is 4.39 Å². The Labute approximate surface area is 210 Å². The number of carbonyl (C=O) groups is 2. The first-order chi connectivity index (χ1) is 17.9. The molecule has 0 bridgehead atoms. The molecule has 3 N–H and O–H groups in total. The second-order valence-corrected chi connectivity index (χ2v) is 8.57. The van der Waals surface area contributed by atoms with E-state index in [0.29, 0.717) is 10.9 Å². The maximum Gasteiger partial charge on any atom is 0.323 e. The Balaban J connectivity index is 1.40. The van der Waals surface area contributed by atoms with Crippen LogP contribution in [0.1, 0.15) is 15.9 Å². The summed E-state index contributed by atoms with van der Waals surface area (Å²) in [5.74, 6) is -3.21. The minimum Gasteiger partial charge on any atom is -0.368 e. The second kappa shape index (κ2) is 10.3. The number of anilines is 3. The number of urea groups is 1. The lowest BCUT2D eigenvalue weighted by molar-refractivity contribution is 0.103. The summed E-state index contributed by atoms with van der Waals surface area (Å²) in [5, 5.41) is 8.57. The maximum absolute atomic E-state index is 15.3. The standard InChI is InChI=1S/C27H22F3N5O2/c28-18-2-4-20(5-3-18)33-27(37)34-24-14-19(29)13-22(25(24)30)26(36)16-1-6-23-17(11-16)12-21(15-32-23)35-9-7-31-8-10-35/h1-6,11-15,31H,7-10H2,(H2,33,34,37). The first kappa shape index (κ1) is 24.3. The zero-order valence-corrected chi connectivity index (χ0v) is 19.5. The van der Waals surface area contributed by atoms with Crippen LogP contribution < -0.4 is 20.9 Å². The minimum absolute atomic E-state index is 0.151. The van der Waals surface area contributed by atoms with E-state index in [9.17, 15) is 18.4 Å². The largest absolute Gasteiger partial charge is 0.368 e. The Morgan fingerprint density at radius 3 is 2.38 bits per heavy atom. The van der Waals surface area contributed by atoms with Gasteiger partial charge in [-0.05, 0) is 54.6 Å². The van der Waals surface area contributed by atoms with Gasteiger partial charge in [-0.2, -0.15) is 0 Å². The molecule has 1 aromatic heterocycles. The van der Waals surface area contributed by atoms with Crippen LogP contribution in [0.25, 0.3) is 10.9 Å². The first-order valence-corrected chi connectivity index (χ1v) is 11.6. The minimum atomic E-state index is -1.08. The van der Waals surface area contributed by atoms with E-state index in [-0.39, 0.29) is 11.3 Å². The van der Waals surface area contributed by atoms with E-state index in [1.165, 1.54) is 18.2 Å².